The molecule has 0 saturated carbocycles. The van der Waals surface area contributed by atoms with Gasteiger partial charge < -0.3 is 19.3 Å². The Balaban J connectivity index is 1.67. The second-order valence-electron chi connectivity index (χ2n) is 5.26. The van der Waals surface area contributed by atoms with Crippen LogP contribution in [0.2, 0.25) is 0 Å². The molecule has 0 atom stereocenters. The van der Waals surface area contributed by atoms with Gasteiger partial charge in [0.1, 0.15) is 17.2 Å². The predicted octanol–water partition coefficient (Wildman–Crippen LogP) is 2.70. The first-order valence-corrected chi connectivity index (χ1v) is 7.52. The number of carbonyl (C=O) groups excluding carboxylic acids is 1. The number of fused-ring (bicyclic) bond motifs is 1. The fourth-order valence-electron chi connectivity index (χ4n) is 2.49. The molecule has 0 saturated heterocycles. The topological polar surface area (TPSA) is 73.6 Å². The van der Waals surface area contributed by atoms with Crippen molar-refractivity contribution in [1.82, 2.24) is 10.5 Å². The van der Waals surface area contributed by atoms with Gasteiger partial charge in [-0.1, -0.05) is 17.3 Å². The van der Waals surface area contributed by atoms with Crippen molar-refractivity contribution in [3.8, 4) is 11.5 Å². The van der Waals surface area contributed by atoms with Gasteiger partial charge in [0.25, 0.3) is 0 Å². The van der Waals surface area contributed by atoms with Gasteiger partial charge in [-0.3, -0.25) is 4.79 Å². The summed E-state index contributed by atoms with van der Waals surface area (Å²) in [5.74, 6) is 1.27. The Kier molecular flexibility index (Phi) is 4.65. The van der Waals surface area contributed by atoms with E-state index in [-0.39, 0.29) is 12.3 Å². The number of rotatable bonds is 6. The van der Waals surface area contributed by atoms with Crippen LogP contribution in [0.4, 0.5) is 0 Å². The van der Waals surface area contributed by atoms with Crippen molar-refractivity contribution >= 4 is 16.9 Å². The van der Waals surface area contributed by atoms with Gasteiger partial charge in [0.15, 0.2) is 5.58 Å². The molecule has 1 amide bonds. The van der Waals surface area contributed by atoms with Crippen LogP contribution in [-0.4, -0.2) is 25.3 Å². The number of aromatic nitrogens is 1. The van der Waals surface area contributed by atoms with Gasteiger partial charge in [0, 0.05) is 17.5 Å². The van der Waals surface area contributed by atoms with E-state index in [2.05, 4.69) is 10.5 Å². The highest BCUT2D eigenvalue weighted by Gasteiger charge is 2.13. The van der Waals surface area contributed by atoms with Crippen molar-refractivity contribution in [1.29, 1.82) is 0 Å². The van der Waals surface area contributed by atoms with Gasteiger partial charge in [-0.05, 0) is 30.3 Å². The third-order valence-corrected chi connectivity index (χ3v) is 3.74. The number of carbonyl (C=O) groups is 1. The van der Waals surface area contributed by atoms with Gasteiger partial charge in [-0.15, -0.1) is 0 Å². The molecule has 6 nitrogen and oxygen atoms in total. The van der Waals surface area contributed by atoms with Crippen LogP contribution in [0, 0.1) is 0 Å². The number of methoxy groups -OCH3 is 2. The maximum Gasteiger partial charge on any atom is 0.226 e. The molecule has 6 heteroatoms. The Morgan fingerprint density at radius 3 is 2.79 bits per heavy atom. The van der Waals surface area contributed by atoms with Crippen molar-refractivity contribution in [2.75, 3.05) is 14.2 Å². The SMILES string of the molecule is COc1ccc(OC)c(CNC(=O)Cc2noc3ccccc23)c1. The van der Waals surface area contributed by atoms with E-state index in [0.29, 0.717) is 29.3 Å². The molecule has 0 aliphatic heterocycles. The van der Waals surface area contributed by atoms with Gasteiger partial charge in [0.2, 0.25) is 5.91 Å². The number of nitrogens with one attached hydrogen (secondary N) is 1. The van der Waals surface area contributed by atoms with Gasteiger partial charge in [0.05, 0.1) is 20.6 Å². The number of nitrogens with zero attached hydrogens (tertiary/aromatic N) is 1. The first kappa shape index (κ1) is 15.9. The van der Waals surface area contributed by atoms with Crippen molar-refractivity contribution < 1.29 is 18.8 Å². The van der Waals surface area contributed by atoms with E-state index in [9.17, 15) is 4.79 Å². The maximum atomic E-state index is 12.2. The molecule has 0 spiro atoms. The van der Waals surface area contributed by atoms with Crippen LogP contribution in [0.25, 0.3) is 11.0 Å². The number of hydrogen-bond acceptors (Lipinski definition) is 5. The first-order valence-electron chi connectivity index (χ1n) is 7.52. The summed E-state index contributed by atoms with van der Waals surface area (Å²) in [5.41, 5.74) is 2.14. The fraction of sp³-hybridized carbons (Fsp3) is 0.222. The average molecular weight is 326 g/mol. The molecule has 0 radical (unpaired) electrons. The van der Waals surface area contributed by atoms with Crippen LogP contribution >= 0.6 is 0 Å². The highest BCUT2D eigenvalue weighted by atomic mass is 16.5. The van der Waals surface area contributed by atoms with E-state index in [1.165, 1.54) is 0 Å². The zero-order chi connectivity index (χ0) is 16.9. The van der Waals surface area contributed by atoms with E-state index in [1.54, 1.807) is 14.2 Å². The summed E-state index contributed by atoms with van der Waals surface area (Å²) < 4.78 is 15.7. The summed E-state index contributed by atoms with van der Waals surface area (Å²) in [5, 5.41) is 7.70. The van der Waals surface area contributed by atoms with Crippen molar-refractivity contribution in [3.63, 3.8) is 0 Å². The Morgan fingerprint density at radius 2 is 2.00 bits per heavy atom. The summed E-state index contributed by atoms with van der Waals surface area (Å²) in [7, 11) is 3.19. The predicted molar refractivity (Wildman–Crippen MR) is 89.1 cm³/mol. The maximum absolute atomic E-state index is 12.2. The monoisotopic (exact) mass is 326 g/mol. The first-order chi connectivity index (χ1) is 11.7. The molecule has 1 aromatic heterocycles. The molecule has 0 aliphatic rings. The van der Waals surface area contributed by atoms with E-state index in [1.807, 2.05) is 42.5 Å². The second-order valence-corrected chi connectivity index (χ2v) is 5.26. The normalized spacial score (nSPS) is 10.6. The molecular formula is C18H18N2O4. The highest BCUT2D eigenvalue weighted by molar-refractivity contribution is 5.86. The largest absolute Gasteiger partial charge is 0.497 e. The number of hydrogen-bond donors (Lipinski definition) is 1. The molecule has 0 bridgehead atoms. The number of para-hydroxylation sites is 1. The third kappa shape index (κ3) is 3.32. The van der Waals surface area contributed by atoms with Crippen molar-refractivity contribution in [2.24, 2.45) is 0 Å². The minimum atomic E-state index is -0.140. The smallest absolute Gasteiger partial charge is 0.226 e. The highest BCUT2D eigenvalue weighted by Crippen LogP contribution is 2.24. The van der Waals surface area contributed by atoms with Crippen LogP contribution in [0.15, 0.2) is 47.0 Å². The second kappa shape index (κ2) is 7.04. The zero-order valence-electron chi connectivity index (χ0n) is 13.5. The van der Waals surface area contributed by atoms with Gasteiger partial charge >= 0.3 is 0 Å². The molecule has 124 valence electrons. The summed E-state index contributed by atoms with van der Waals surface area (Å²) in [6.45, 7) is 0.342. The molecule has 0 aliphatic carbocycles. The van der Waals surface area contributed by atoms with Crippen LogP contribution in [0.5, 0.6) is 11.5 Å². The van der Waals surface area contributed by atoms with E-state index >= 15 is 0 Å². The summed E-state index contributed by atoms with van der Waals surface area (Å²) in [4.78, 5) is 12.2. The van der Waals surface area contributed by atoms with E-state index in [0.717, 1.165) is 10.9 Å². The molecule has 24 heavy (non-hydrogen) atoms. The van der Waals surface area contributed by atoms with Crippen LogP contribution in [0.1, 0.15) is 11.3 Å². The lowest BCUT2D eigenvalue weighted by Crippen LogP contribution is -2.25. The molecule has 0 unspecified atom stereocenters. The standard InChI is InChI=1S/C18H18N2O4/c1-22-13-7-8-16(23-2)12(9-13)11-19-18(21)10-15-14-5-3-4-6-17(14)24-20-15/h3-9H,10-11H2,1-2H3,(H,19,21). The van der Waals surface area contributed by atoms with Crippen LogP contribution in [0.3, 0.4) is 0 Å². The lowest BCUT2D eigenvalue weighted by Gasteiger charge is -2.11. The molecule has 3 rings (SSSR count). The van der Waals surface area contributed by atoms with Crippen molar-refractivity contribution in [2.45, 2.75) is 13.0 Å². The Labute approximate surface area is 139 Å². The summed E-state index contributed by atoms with van der Waals surface area (Å²) >= 11 is 0. The minimum absolute atomic E-state index is 0.140. The van der Waals surface area contributed by atoms with Crippen molar-refractivity contribution in [3.05, 3.63) is 53.7 Å². The Hall–Kier alpha value is -3.02. The van der Waals surface area contributed by atoms with E-state index < -0.39 is 0 Å². The Bertz CT molecular complexity index is 857. The van der Waals surface area contributed by atoms with Crippen LogP contribution < -0.4 is 14.8 Å². The molecule has 0 fully saturated rings. The number of benzene rings is 2. The van der Waals surface area contributed by atoms with Gasteiger partial charge in [-0.25, -0.2) is 0 Å². The molecule has 3 aromatic rings. The number of ether oxygens (including phenoxy) is 2. The lowest BCUT2D eigenvalue weighted by molar-refractivity contribution is -0.120. The quantitative estimate of drug-likeness (QED) is 0.754. The minimum Gasteiger partial charge on any atom is -0.497 e. The fourth-order valence-corrected chi connectivity index (χ4v) is 2.49. The Morgan fingerprint density at radius 1 is 1.17 bits per heavy atom. The number of amides is 1. The molecular weight excluding hydrogens is 308 g/mol. The third-order valence-electron chi connectivity index (χ3n) is 3.74. The summed E-state index contributed by atoms with van der Waals surface area (Å²) in [6.07, 6.45) is 0.156. The average Bonchev–Trinajstić information content (AvgIpc) is 3.02. The zero-order valence-corrected chi connectivity index (χ0v) is 13.5. The summed E-state index contributed by atoms with van der Waals surface area (Å²) in [6, 6.07) is 12.9. The molecule has 1 N–H and O–H groups in total. The van der Waals surface area contributed by atoms with Crippen LogP contribution in [-0.2, 0) is 17.8 Å². The lowest BCUT2D eigenvalue weighted by atomic mass is 10.1. The molecule has 2 aromatic carbocycles. The van der Waals surface area contributed by atoms with E-state index in [4.69, 9.17) is 14.0 Å². The molecule has 1 heterocycles. The van der Waals surface area contributed by atoms with Gasteiger partial charge in [-0.2, -0.15) is 0 Å².